The highest BCUT2D eigenvalue weighted by Gasteiger charge is 2.18. The monoisotopic (exact) mass is 275 g/mol. The summed E-state index contributed by atoms with van der Waals surface area (Å²) in [5.74, 6) is 0.0257. The van der Waals surface area contributed by atoms with E-state index in [1.807, 2.05) is 31.2 Å². The van der Waals surface area contributed by atoms with Gasteiger partial charge in [0.25, 0.3) is 0 Å². The number of para-hydroxylation sites is 1. The van der Waals surface area contributed by atoms with Gasteiger partial charge in [-0.3, -0.25) is 4.79 Å². The molecule has 20 heavy (non-hydrogen) atoms. The number of likely N-dealkylation sites (tertiary alicyclic amines) is 1. The Morgan fingerprint density at radius 2 is 2.15 bits per heavy atom. The summed E-state index contributed by atoms with van der Waals surface area (Å²) in [5, 5.41) is 6.22. The van der Waals surface area contributed by atoms with E-state index in [1.165, 1.54) is 25.8 Å². The molecule has 1 aliphatic heterocycles. The van der Waals surface area contributed by atoms with E-state index in [1.54, 1.807) is 0 Å². The highest BCUT2D eigenvalue weighted by atomic mass is 16.1. The highest BCUT2D eigenvalue weighted by molar-refractivity contribution is 5.92. The van der Waals surface area contributed by atoms with Crippen LogP contribution in [-0.4, -0.2) is 43.5 Å². The predicted octanol–water partition coefficient (Wildman–Crippen LogP) is 2.01. The van der Waals surface area contributed by atoms with Crippen molar-refractivity contribution in [2.24, 2.45) is 0 Å². The molecule has 0 aliphatic carbocycles. The Kier molecular flexibility index (Phi) is 5.56. The van der Waals surface area contributed by atoms with E-state index in [2.05, 4.69) is 22.6 Å². The lowest BCUT2D eigenvalue weighted by molar-refractivity contribution is -0.115. The lowest BCUT2D eigenvalue weighted by Crippen LogP contribution is -2.44. The quantitative estimate of drug-likeness (QED) is 0.864. The van der Waals surface area contributed by atoms with Gasteiger partial charge in [-0.1, -0.05) is 24.6 Å². The van der Waals surface area contributed by atoms with Crippen LogP contribution in [0.5, 0.6) is 0 Å². The normalized spacial score (nSPS) is 19.8. The Labute approximate surface area is 121 Å². The first-order chi connectivity index (χ1) is 9.66. The molecule has 0 aromatic heterocycles. The Hall–Kier alpha value is -1.39. The van der Waals surface area contributed by atoms with Crippen molar-refractivity contribution < 1.29 is 4.79 Å². The topological polar surface area (TPSA) is 44.4 Å². The molecule has 1 heterocycles. The second-order valence-electron chi connectivity index (χ2n) is 5.62. The zero-order valence-corrected chi connectivity index (χ0v) is 12.5. The van der Waals surface area contributed by atoms with Crippen LogP contribution in [0.1, 0.15) is 24.8 Å². The summed E-state index contributed by atoms with van der Waals surface area (Å²) in [6, 6.07) is 8.41. The molecule has 1 aliphatic rings. The number of benzene rings is 1. The van der Waals surface area contributed by atoms with E-state index in [4.69, 9.17) is 0 Å². The van der Waals surface area contributed by atoms with Crippen LogP contribution < -0.4 is 10.6 Å². The van der Waals surface area contributed by atoms with Crippen molar-refractivity contribution in [1.29, 1.82) is 0 Å². The lowest BCUT2D eigenvalue weighted by Gasteiger charge is -2.32. The fourth-order valence-electron chi connectivity index (χ4n) is 2.66. The Bertz CT molecular complexity index is 447. The summed E-state index contributed by atoms with van der Waals surface area (Å²) >= 11 is 0. The van der Waals surface area contributed by atoms with Crippen molar-refractivity contribution in [3.8, 4) is 0 Å². The summed E-state index contributed by atoms with van der Waals surface area (Å²) < 4.78 is 0. The average molecular weight is 275 g/mol. The number of nitrogens with one attached hydrogen (secondary N) is 2. The molecule has 1 saturated heterocycles. The predicted molar refractivity (Wildman–Crippen MR) is 82.9 cm³/mol. The summed E-state index contributed by atoms with van der Waals surface area (Å²) in [6.45, 7) is 4.43. The number of nitrogens with zero attached hydrogens (tertiary/aromatic N) is 1. The number of anilines is 1. The first-order valence-electron chi connectivity index (χ1n) is 7.43. The van der Waals surface area contributed by atoms with E-state index in [-0.39, 0.29) is 5.91 Å². The number of hydrogen-bond donors (Lipinski definition) is 2. The summed E-state index contributed by atoms with van der Waals surface area (Å²) in [5.41, 5.74) is 1.99. The number of carbonyl (C=O) groups is 1. The largest absolute Gasteiger partial charge is 0.325 e. The number of piperidine rings is 1. The zero-order chi connectivity index (χ0) is 14.4. The second kappa shape index (κ2) is 7.41. The van der Waals surface area contributed by atoms with Crippen LogP contribution in [0.3, 0.4) is 0 Å². The minimum absolute atomic E-state index is 0.0257. The molecule has 2 rings (SSSR count). The SMILES string of the molecule is Cc1ccccc1NC(=O)CNCC1CCCCN1C. The Morgan fingerprint density at radius 3 is 2.90 bits per heavy atom. The molecule has 110 valence electrons. The number of carbonyl (C=O) groups excluding carboxylic acids is 1. The molecule has 0 radical (unpaired) electrons. The fourth-order valence-corrected chi connectivity index (χ4v) is 2.66. The fraction of sp³-hybridized carbons (Fsp3) is 0.562. The maximum absolute atomic E-state index is 11.9. The first kappa shape index (κ1) is 15.0. The van der Waals surface area contributed by atoms with Crippen LogP contribution in [0.15, 0.2) is 24.3 Å². The summed E-state index contributed by atoms with van der Waals surface area (Å²) in [7, 11) is 2.17. The van der Waals surface area contributed by atoms with E-state index < -0.39 is 0 Å². The van der Waals surface area contributed by atoms with Gasteiger partial charge >= 0.3 is 0 Å². The molecular formula is C16H25N3O. The standard InChI is InChI=1S/C16H25N3O/c1-13-7-3-4-9-15(13)18-16(20)12-17-11-14-8-5-6-10-19(14)2/h3-4,7,9,14,17H,5-6,8,10-12H2,1-2H3,(H,18,20). The van der Waals surface area contributed by atoms with Gasteiger partial charge < -0.3 is 15.5 Å². The van der Waals surface area contributed by atoms with Gasteiger partial charge in [-0.15, -0.1) is 0 Å². The first-order valence-corrected chi connectivity index (χ1v) is 7.43. The van der Waals surface area contributed by atoms with Crippen molar-refractivity contribution >= 4 is 11.6 Å². The van der Waals surface area contributed by atoms with E-state index in [0.717, 1.165) is 17.8 Å². The maximum Gasteiger partial charge on any atom is 0.238 e. The lowest BCUT2D eigenvalue weighted by atomic mass is 10.0. The Morgan fingerprint density at radius 1 is 1.35 bits per heavy atom. The molecule has 1 aromatic rings. The van der Waals surface area contributed by atoms with Crippen LogP contribution >= 0.6 is 0 Å². The molecule has 0 spiro atoms. The minimum atomic E-state index is 0.0257. The summed E-state index contributed by atoms with van der Waals surface area (Å²) in [6.07, 6.45) is 3.82. The van der Waals surface area contributed by atoms with Gasteiger partial charge in [0.05, 0.1) is 6.54 Å². The molecule has 1 aromatic carbocycles. The average Bonchev–Trinajstić information content (AvgIpc) is 2.43. The van der Waals surface area contributed by atoms with Crippen LogP contribution in [0.4, 0.5) is 5.69 Å². The van der Waals surface area contributed by atoms with Crippen molar-refractivity contribution in [1.82, 2.24) is 10.2 Å². The molecule has 0 saturated carbocycles. The molecule has 4 nitrogen and oxygen atoms in total. The Balaban J connectivity index is 1.71. The number of hydrogen-bond acceptors (Lipinski definition) is 3. The molecule has 1 amide bonds. The molecule has 1 atom stereocenters. The molecule has 4 heteroatoms. The van der Waals surface area contributed by atoms with Crippen LogP contribution in [0.25, 0.3) is 0 Å². The van der Waals surface area contributed by atoms with E-state index in [9.17, 15) is 4.79 Å². The van der Waals surface area contributed by atoms with Crippen molar-refractivity contribution in [2.45, 2.75) is 32.2 Å². The van der Waals surface area contributed by atoms with Gasteiger partial charge in [0.1, 0.15) is 0 Å². The number of amides is 1. The summed E-state index contributed by atoms with van der Waals surface area (Å²) in [4.78, 5) is 14.3. The maximum atomic E-state index is 11.9. The second-order valence-corrected chi connectivity index (χ2v) is 5.62. The number of likely N-dealkylation sites (N-methyl/N-ethyl adjacent to an activating group) is 1. The highest BCUT2D eigenvalue weighted by Crippen LogP contribution is 2.14. The molecular weight excluding hydrogens is 250 g/mol. The number of aryl methyl sites for hydroxylation is 1. The van der Waals surface area contributed by atoms with Gasteiger partial charge in [0, 0.05) is 18.3 Å². The van der Waals surface area contributed by atoms with Crippen molar-refractivity contribution in [2.75, 3.05) is 32.0 Å². The van der Waals surface area contributed by atoms with Gasteiger partial charge in [-0.25, -0.2) is 0 Å². The van der Waals surface area contributed by atoms with Crippen molar-refractivity contribution in [3.63, 3.8) is 0 Å². The van der Waals surface area contributed by atoms with Crippen LogP contribution in [0, 0.1) is 6.92 Å². The van der Waals surface area contributed by atoms with E-state index >= 15 is 0 Å². The molecule has 1 fully saturated rings. The molecule has 1 unspecified atom stereocenters. The van der Waals surface area contributed by atoms with Crippen molar-refractivity contribution in [3.05, 3.63) is 29.8 Å². The van der Waals surface area contributed by atoms with Crippen LogP contribution in [0.2, 0.25) is 0 Å². The zero-order valence-electron chi connectivity index (χ0n) is 12.5. The third-order valence-electron chi connectivity index (χ3n) is 4.01. The van der Waals surface area contributed by atoms with Gasteiger partial charge in [-0.05, 0) is 45.0 Å². The smallest absolute Gasteiger partial charge is 0.238 e. The van der Waals surface area contributed by atoms with Gasteiger partial charge in [-0.2, -0.15) is 0 Å². The molecule has 2 N–H and O–H groups in total. The van der Waals surface area contributed by atoms with Crippen LogP contribution in [-0.2, 0) is 4.79 Å². The van der Waals surface area contributed by atoms with E-state index in [0.29, 0.717) is 12.6 Å². The van der Waals surface area contributed by atoms with Gasteiger partial charge in [0.15, 0.2) is 0 Å². The number of rotatable bonds is 5. The minimum Gasteiger partial charge on any atom is -0.325 e. The third kappa shape index (κ3) is 4.32. The van der Waals surface area contributed by atoms with Gasteiger partial charge in [0.2, 0.25) is 5.91 Å². The molecule has 0 bridgehead atoms. The third-order valence-corrected chi connectivity index (χ3v) is 4.01.